The molecule has 5 heteroatoms. The van der Waals surface area contributed by atoms with Crippen molar-refractivity contribution in [3.63, 3.8) is 0 Å². The maximum Gasteiger partial charge on any atom is 0.161 e. The summed E-state index contributed by atoms with van der Waals surface area (Å²) in [6.07, 6.45) is 0. The fourth-order valence-electron chi connectivity index (χ4n) is 1.20. The summed E-state index contributed by atoms with van der Waals surface area (Å²) in [5.41, 5.74) is 1.18. The van der Waals surface area contributed by atoms with E-state index in [1.54, 1.807) is 6.07 Å². The third-order valence-corrected chi connectivity index (χ3v) is 3.46. The highest BCUT2D eigenvalue weighted by atomic mass is 35.5. The average molecular weight is 255 g/mol. The Morgan fingerprint density at radius 3 is 2.67 bits per heavy atom. The van der Waals surface area contributed by atoms with Crippen molar-refractivity contribution >= 4 is 34.7 Å². The molecule has 0 aliphatic rings. The Labute approximate surface area is 101 Å². The van der Waals surface area contributed by atoms with Crippen LogP contribution in [-0.2, 0) is 0 Å². The molecule has 0 aliphatic carbocycles. The van der Waals surface area contributed by atoms with Gasteiger partial charge in [-0.1, -0.05) is 41.4 Å². The molecule has 74 valence electrons. The van der Waals surface area contributed by atoms with Crippen LogP contribution in [0, 0.1) is 11.3 Å². The number of benzene rings is 1. The molecule has 0 fully saturated rings. The van der Waals surface area contributed by atoms with E-state index in [0.29, 0.717) is 15.5 Å². The monoisotopic (exact) mass is 254 g/mol. The number of hydrogen-bond donors (Lipinski definition) is 0. The number of nitriles is 1. The lowest BCUT2D eigenvalue weighted by molar-refractivity contribution is 1.47. The molecular formula is C10H4Cl2N2S. The molecule has 0 saturated heterocycles. The van der Waals surface area contributed by atoms with Gasteiger partial charge in [-0.25, -0.2) is 0 Å². The molecule has 0 amide bonds. The first-order valence-electron chi connectivity index (χ1n) is 4.04. The molecule has 1 heterocycles. The van der Waals surface area contributed by atoms with Gasteiger partial charge in [0.1, 0.15) is 11.6 Å². The van der Waals surface area contributed by atoms with Gasteiger partial charge < -0.3 is 0 Å². The van der Waals surface area contributed by atoms with E-state index in [1.807, 2.05) is 24.3 Å². The molecule has 1 aromatic heterocycles. The standard InChI is InChI=1S/C10H4Cl2N2S/c11-8-4-2-1-3-6(8)9-7(5-13)10(12)14-15-9/h1-4H. The van der Waals surface area contributed by atoms with Crippen LogP contribution in [0.1, 0.15) is 5.56 Å². The zero-order valence-electron chi connectivity index (χ0n) is 7.37. The summed E-state index contributed by atoms with van der Waals surface area (Å²) in [5, 5.41) is 9.76. The molecule has 0 bridgehead atoms. The third kappa shape index (κ3) is 1.84. The first-order chi connectivity index (χ1) is 7.24. The topological polar surface area (TPSA) is 36.7 Å². The predicted octanol–water partition coefficient (Wildman–Crippen LogP) is 3.99. The summed E-state index contributed by atoms with van der Waals surface area (Å²) in [4.78, 5) is 0.716. The smallest absolute Gasteiger partial charge is 0.161 e. The van der Waals surface area contributed by atoms with Gasteiger partial charge in [-0.05, 0) is 17.6 Å². The van der Waals surface area contributed by atoms with Gasteiger partial charge in [0.15, 0.2) is 5.15 Å². The third-order valence-electron chi connectivity index (χ3n) is 1.88. The highest BCUT2D eigenvalue weighted by Crippen LogP contribution is 2.36. The number of aromatic nitrogens is 1. The first kappa shape index (κ1) is 10.4. The van der Waals surface area contributed by atoms with Crippen LogP contribution in [-0.4, -0.2) is 4.37 Å². The molecule has 0 aliphatic heterocycles. The summed E-state index contributed by atoms with van der Waals surface area (Å²) in [6, 6.07) is 9.33. The molecule has 0 unspecified atom stereocenters. The molecule has 2 nitrogen and oxygen atoms in total. The van der Waals surface area contributed by atoms with Crippen LogP contribution >= 0.6 is 34.7 Å². The van der Waals surface area contributed by atoms with E-state index >= 15 is 0 Å². The van der Waals surface area contributed by atoms with Gasteiger partial charge in [0, 0.05) is 10.6 Å². The van der Waals surface area contributed by atoms with Crippen molar-refractivity contribution in [1.82, 2.24) is 4.37 Å². The second kappa shape index (κ2) is 4.19. The second-order valence-electron chi connectivity index (χ2n) is 2.77. The Kier molecular flexibility index (Phi) is 2.92. The first-order valence-corrected chi connectivity index (χ1v) is 5.57. The highest BCUT2D eigenvalue weighted by Gasteiger charge is 2.15. The fourth-order valence-corrected chi connectivity index (χ4v) is 2.55. The van der Waals surface area contributed by atoms with Crippen LogP contribution in [0.15, 0.2) is 24.3 Å². The Bertz CT molecular complexity index is 543. The van der Waals surface area contributed by atoms with Crippen molar-refractivity contribution in [1.29, 1.82) is 5.26 Å². The van der Waals surface area contributed by atoms with Crippen molar-refractivity contribution in [2.24, 2.45) is 0 Å². The number of rotatable bonds is 1. The van der Waals surface area contributed by atoms with Crippen molar-refractivity contribution in [2.45, 2.75) is 0 Å². The van der Waals surface area contributed by atoms with E-state index in [2.05, 4.69) is 4.37 Å². The van der Waals surface area contributed by atoms with E-state index < -0.39 is 0 Å². The van der Waals surface area contributed by atoms with Crippen LogP contribution < -0.4 is 0 Å². The largest absolute Gasteiger partial charge is 0.192 e. The molecule has 2 aromatic rings. The minimum Gasteiger partial charge on any atom is -0.192 e. The van der Waals surface area contributed by atoms with Crippen LogP contribution in [0.25, 0.3) is 10.4 Å². The maximum absolute atomic E-state index is 8.93. The zero-order valence-corrected chi connectivity index (χ0v) is 9.70. The lowest BCUT2D eigenvalue weighted by Gasteiger charge is -1.99. The maximum atomic E-state index is 8.93. The Morgan fingerprint density at radius 1 is 1.27 bits per heavy atom. The molecular weight excluding hydrogens is 251 g/mol. The van der Waals surface area contributed by atoms with Gasteiger partial charge in [0.25, 0.3) is 0 Å². The van der Waals surface area contributed by atoms with Gasteiger partial charge in [0.05, 0.1) is 4.88 Å². The fraction of sp³-hybridized carbons (Fsp3) is 0. The normalized spacial score (nSPS) is 9.93. The second-order valence-corrected chi connectivity index (χ2v) is 4.31. The van der Waals surface area contributed by atoms with Crippen molar-refractivity contribution in [3.8, 4) is 16.5 Å². The summed E-state index contributed by atoms with van der Waals surface area (Å²) < 4.78 is 3.93. The van der Waals surface area contributed by atoms with Gasteiger partial charge in [-0.15, -0.1) is 0 Å². The van der Waals surface area contributed by atoms with Crippen molar-refractivity contribution in [2.75, 3.05) is 0 Å². The molecule has 0 spiro atoms. The lowest BCUT2D eigenvalue weighted by atomic mass is 10.1. The summed E-state index contributed by atoms with van der Waals surface area (Å²) >= 11 is 13.0. The Hall–Kier alpha value is -1.08. The number of hydrogen-bond acceptors (Lipinski definition) is 3. The SMILES string of the molecule is N#Cc1c(Cl)nsc1-c1ccccc1Cl. The highest BCUT2D eigenvalue weighted by molar-refractivity contribution is 7.10. The van der Waals surface area contributed by atoms with E-state index in [4.69, 9.17) is 28.5 Å². The number of nitrogens with zero attached hydrogens (tertiary/aromatic N) is 2. The number of halogens is 2. The van der Waals surface area contributed by atoms with Crippen LogP contribution in [0.3, 0.4) is 0 Å². The van der Waals surface area contributed by atoms with E-state index in [0.717, 1.165) is 5.56 Å². The summed E-state index contributed by atoms with van der Waals surface area (Å²) in [7, 11) is 0. The van der Waals surface area contributed by atoms with Gasteiger partial charge in [0.2, 0.25) is 0 Å². The molecule has 0 atom stereocenters. The Morgan fingerprint density at radius 2 is 2.00 bits per heavy atom. The van der Waals surface area contributed by atoms with Gasteiger partial charge >= 0.3 is 0 Å². The van der Waals surface area contributed by atoms with Crippen LogP contribution in [0.4, 0.5) is 0 Å². The average Bonchev–Trinajstić information content (AvgIpc) is 2.60. The molecule has 15 heavy (non-hydrogen) atoms. The molecule has 0 N–H and O–H groups in total. The van der Waals surface area contributed by atoms with Crippen LogP contribution in [0.5, 0.6) is 0 Å². The van der Waals surface area contributed by atoms with E-state index in [9.17, 15) is 0 Å². The molecule has 1 aromatic carbocycles. The quantitative estimate of drug-likeness (QED) is 0.772. The van der Waals surface area contributed by atoms with E-state index in [1.165, 1.54) is 11.5 Å². The van der Waals surface area contributed by atoms with Crippen LogP contribution in [0.2, 0.25) is 10.2 Å². The minimum atomic E-state index is 0.234. The molecule has 2 rings (SSSR count). The lowest BCUT2D eigenvalue weighted by Crippen LogP contribution is -1.79. The Balaban J connectivity index is 2.66. The minimum absolute atomic E-state index is 0.234. The predicted molar refractivity (Wildman–Crippen MR) is 62.3 cm³/mol. The molecule has 0 saturated carbocycles. The molecule has 0 radical (unpaired) electrons. The summed E-state index contributed by atoms with van der Waals surface area (Å²) in [6.45, 7) is 0. The van der Waals surface area contributed by atoms with Crippen molar-refractivity contribution in [3.05, 3.63) is 40.0 Å². The van der Waals surface area contributed by atoms with Gasteiger partial charge in [-0.2, -0.15) is 9.64 Å². The van der Waals surface area contributed by atoms with Gasteiger partial charge in [-0.3, -0.25) is 0 Å². The van der Waals surface area contributed by atoms with E-state index in [-0.39, 0.29) is 5.15 Å². The summed E-state index contributed by atoms with van der Waals surface area (Å²) in [5.74, 6) is 0. The van der Waals surface area contributed by atoms with Crippen molar-refractivity contribution < 1.29 is 0 Å². The zero-order chi connectivity index (χ0) is 10.8.